The molecule has 4 rings (SSSR count). The van der Waals surface area contributed by atoms with Crippen LogP contribution in [0.15, 0.2) is 53.4 Å². The first-order valence-electron chi connectivity index (χ1n) is 12.7. The van der Waals surface area contributed by atoms with Crippen molar-refractivity contribution in [3.05, 3.63) is 54.1 Å². The van der Waals surface area contributed by atoms with Crippen LogP contribution in [0.25, 0.3) is 0 Å². The first-order chi connectivity index (χ1) is 17.2. The molecule has 2 heterocycles. The highest BCUT2D eigenvalue weighted by molar-refractivity contribution is 8.00. The molecule has 0 unspecified atom stereocenters. The molecule has 0 atom stereocenters. The number of carbonyl (C=O) groups excluding carboxylic acids is 1. The largest absolute Gasteiger partial charge is 0.446 e. The molecule has 2 aromatic carbocycles. The van der Waals surface area contributed by atoms with Gasteiger partial charge in [-0.15, -0.1) is 0 Å². The van der Waals surface area contributed by atoms with Crippen molar-refractivity contribution in [1.29, 1.82) is 0 Å². The maximum Gasteiger partial charge on any atom is 0.446 e. The van der Waals surface area contributed by atoms with Crippen molar-refractivity contribution < 1.29 is 18.0 Å². The van der Waals surface area contributed by atoms with E-state index in [4.69, 9.17) is 0 Å². The summed E-state index contributed by atoms with van der Waals surface area (Å²) >= 11 is -0.103. The van der Waals surface area contributed by atoms with Gasteiger partial charge in [-0.25, -0.2) is 0 Å². The summed E-state index contributed by atoms with van der Waals surface area (Å²) in [6.07, 6.45) is 3.30. The predicted molar refractivity (Wildman–Crippen MR) is 147 cm³/mol. The summed E-state index contributed by atoms with van der Waals surface area (Å²) in [6, 6.07) is 15.3. The van der Waals surface area contributed by atoms with E-state index in [0.29, 0.717) is 19.5 Å². The molecule has 2 aromatic rings. The Hall–Kier alpha value is -2.39. The molecule has 0 saturated carbocycles. The molecule has 0 radical (unpaired) electrons. The van der Waals surface area contributed by atoms with Crippen molar-refractivity contribution in [1.82, 2.24) is 9.80 Å². The molecule has 1 N–H and O–H groups in total. The number of halogens is 3. The molecule has 204 valence electrons. The number of alkyl halides is 3. The Morgan fingerprint density at radius 1 is 0.946 bits per heavy atom. The number of hydrogen-bond donors (Lipinski definition) is 1. The Morgan fingerprint density at radius 2 is 1.62 bits per heavy atom. The number of rotatable bonds is 7. The van der Waals surface area contributed by atoms with Crippen LogP contribution in [0.5, 0.6) is 0 Å². The van der Waals surface area contributed by atoms with Crippen molar-refractivity contribution in [3.8, 4) is 0 Å². The van der Waals surface area contributed by atoms with Crippen molar-refractivity contribution in [3.63, 3.8) is 0 Å². The van der Waals surface area contributed by atoms with Gasteiger partial charge in [-0.05, 0) is 80.9 Å². The van der Waals surface area contributed by atoms with Gasteiger partial charge in [0, 0.05) is 68.0 Å². The van der Waals surface area contributed by atoms with Gasteiger partial charge in [0.05, 0.1) is 0 Å². The van der Waals surface area contributed by atoms with E-state index in [9.17, 15) is 18.0 Å². The maximum absolute atomic E-state index is 12.8. The number of amides is 1. The Labute approximate surface area is 223 Å². The molecule has 2 saturated heterocycles. The Balaban J connectivity index is 0.00000380. The summed E-state index contributed by atoms with van der Waals surface area (Å²) in [5.41, 5.74) is -0.923. The normalized spacial score (nSPS) is 17.7. The number of carbonyl (C=O) groups is 1. The van der Waals surface area contributed by atoms with Crippen LogP contribution in [-0.4, -0.2) is 73.1 Å². The van der Waals surface area contributed by atoms with Crippen molar-refractivity contribution in [2.75, 3.05) is 56.0 Å². The number of likely N-dealkylation sites (tertiary alicyclic amines) is 1. The zero-order chi connectivity index (χ0) is 25.5. The molecular formula is C28H39F3N4OS. The minimum atomic E-state index is -4.27. The standard InChI is InChI=1S/C27H35F3N4OS.CH4/c1-21-3-7-24(8-4-21)33-15-2-14-32(19-20-33)16-13-26(35)34-17-11-23(12-18-34)31-22-5-9-25(10-6-22)36-27(28,29)30;/h3-10,23,31H,2,11-20H2,1H3;1H4. The average Bonchev–Trinajstić information content (AvgIpc) is 3.10. The summed E-state index contributed by atoms with van der Waals surface area (Å²) < 4.78 is 37.5. The fourth-order valence-electron chi connectivity index (χ4n) is 4.88. The first-order valence-corrected chi connectivity index (χ1v) is 13.5. The molecule has 0 aromatic heterocycles. The highest BCUT2D eigenvalue weighted by Crippen LogP contribution is 2.37. The van der Waals surface area contributed by atoms with E-state index in [2.05, 4.69) is 46.3 Å². The van der Waals surface area contributed by atoms with Gasteiger partial charge in [0.2, 0.25) is 5.91 Å². The third-order valence-corrected chi connectivity index (χ3v) is 7.68. The van der Waals surface area contributed by atoms with Crippen LogP contribution in [0, 0.1) is 6.92 Å². The van der Waals surface area contributed by atoms with Gasteiger partial charge in [-0.1, -0.05) is 25.1 Å². The number of thioether (sulfide) groups is 1. The Morgan fingerprint density at radius 3 is 2.27 bits per heavy atom. The minimum absolute atomic E-state index is 0. The number of benzene rings is 2. The minimum Gasteiger partial charge on any atom is -0.382 e. The second-order valence-electron chi connectivity index (χ2n) is 9.64. The second kappa shape index (κ2) is 13.4. The van der Waals surface area contributed by atoms with Crippen molar-refractivity contribution in [2.24, 2.45) is 0 Å². The van der Waals surface area contributed by atoms with Gasteiger partial charge in [0.25, 0.3) is 0 Å². The highest BCUT2D eigenvalue weighted by atomic mass is 32.2. The lowest BCUT2D eigenvalue weighted by molar-refractivity contribution is -0.132. The van der Waals surface area contributed by atoms with E-state index in [-0.39, 0.29) is 36.0 Å². The fraction of sp³-hybridized carbons (Fsp3) is 0.536. The van der Waals surface area contributed by atoms with Crippen LogP contribution in [0.1, 0.15) is 38.7 Å². The molecule has 0 bridgehead atoms. The van der Waals surface area contributed by atoms with Gasteiger partial charge < -0.3 is 20.0 Å². The third kappa shape index (κ3) is 9.14. The predicted octanol–water partition coefficient (Wildman–Crippen LogP) is 6.25. The molecule has 2 aliphatic rings. The number of nitrogens with zero attached hydrogens (tertiary/aromatic N) is 3. The summed E-state index contributed by atoms with van der Waals surface area (Å²) in [7, 11) is 0. The quantitative estimate of drug-likeness (QED) is 0.424. The average molecular weight is 537 g/mol. The molecule has 37 heavy (non-hydrogen) atoms. The zero-order valence-electron chi connectivity index (χ0n) is 20.8. The summed E-state index contributed by atoms with van der Waals surface area (Å²) in [5.74, 6) is 0.210. The van der Waals surface area contributed by atoms with E-state index in [1.54, 1.807) is 12.1 Å². The number of hydrogen-bond acceptors (Lipinski definition) is 5. The smallest absolute Gasteiger partial charge is 0.382 e. The van der Waals surface area contributed by atoms with Crippen LogP contribution in [0.3, 0.4) is 0 Å². The van der Waals surface area contributed by atoms with E-state index in [0.717, 1.165) is 57.7 Å². The molecule has 5 nitrogen and oxygen atoms in total. The molecule has 0 aliphatic carbocycles. The van der Waals surface area contributed by atoms with Crippen LogP contribution >= 0.6 is 11.8 Å². The van der Waals surface area contributed by atoms with Gasteiger partial charge >= 0.3 is 5.51 Å². The zero-order valence-corrected chi connectivity index (χ0v) is 21.6. The van der Waals surface area contributed by atoms with E-state index >= 15 is 0 Å². The summed E-state index contributed by atoms with van der Waals surface area (Å²) in [5, 5.41) is 3.40. The van der Waals surface area contributed by atoms with Crippen LogP contribution in [0.2, 0.25) is 0 Å². The van der Waals surface area contributed by atoms with E-state index in [1.165, 1.54) is 23.4 Å². The third-order valence-electron chi connectivity index (χ3n) is 6.94. The lowest BCUT2D eigenvalue weighted by Gasteiger charge is -2.33. The monoisotopic (exact) mass is 536 g/mol. The van der Waals surface area contributed by atoms with Gasteiger partial charge in [-0.3, -0.25) is 4.79 Å². The second-order valence-corrected chi connectivity index (χ2v) is 10.8. The van der Waals surface area contributed by atoms with E-state index in [1.807, 2.05) is 4.90 Å². The van der Waals surface area contributed by atoms with Gasteiger partial charge in [-0.2, -0.15) is 13.2 Å². The topological polar surface area (TPSA) is 38.8 Å². The molecule has 9 heteroatoms. The number of anilines is 2. The lowest BCUT2D eigenvalue weighted by Crippen LogP contribution is -2.43. The fourth-order valence-corrected chi connectivity index (χ4v) is 5.42. The van der Waals surface area contributed by atoms with Crippen LogP contribution < -0.4 is 10.2 Å². The SMILES string of the molecule is C.Cc1ccc(N2CCCN(CCC(=O)N3CCC(Nc4ccc(SC(F)(F)F)cc4)CC3)CC2)cc1. The Bertz CT molecular complexity index is 976. The number of piperidine rings is 1. The highest BCUT2D eigenvalue weighted by Gasteiger charge is 2.29. The van der Waals surface area contributed by atoms with Crippen molar-refractivity contribution >= 4 is 29.0 Å². The maximum atomic E-state index is 12.8. The first kappa shape index (κ1) is 29.2. The molecule has 2 aliphatic heterocycles. The molecular weight excluding hydrogens is 497 g/mol. The molecule has 1 amide bonds. The van der Waals surface area contributed by atoms with E-state index < -0.39 is 5.51 Å². The number of nitrogens with one attached hydrogen (secondary N) is 1. The van der Waals surface area contributed by atoms with Crippen LogP contribution in [0.4, 0.5) is 24.5 Å². The number of aryl methyl sites for hydroxylation is 1. The summed E-state index contributed by atoms with van der Waals surface area (Å²) in [6.45, 7) is 8.31. The summed E-state index contributed by atoms with van der Waals surface area (Å²) in [4.78, 5) is 19.8. The van der Waals surface area contributed by atoms with Crippen LogP contribution in [-0.2, 0) is 4.79 Å². The lowest BCUT2D eigenvalue weighted by atomic mass is 10.0. The molecule has 2 fully saturated rings. The van der Waals surface area contributed by atoms with Crippen molar-refractivity contribution in [2.45, 2.75) is 56.5 Å². The molecule has 0 spiro atoms. The van der Waals surface area contributed by atoms with Gasteiger partial charge in [0.15, 0.2) is 0 Å². The Kier molecular flexibility index (Phi) is 10.6. The van der Waals surface area contributed by atoms with Gasteiger partial charge in [0.1, 0.15) is 0 Å².